The third kappa shape index (κ3) is 9.38. The second-order valence-corrected chi connectivity index (χ2v) is 9.39. The van der Waals surface area contributed by atoms with Crippen LogP contribution in [0.2, 0.25) is 5.02 Å². The van der Waals surface area contributed by atoms with Crippen molar-refractivity contribution in [2.75, 3.05) is 31.6 Å². The zero-order valence-electron chi connectivity index (χ0n) is 19.1. The second-order valence-electron chi connectivity index (χ2n) is 8.05. The first kappa shape index (κ1) is 28.3. The van der Waals surface area contributed by atoms with Gasteiger partial charge in [0.15, 0.2) is 0 Å². The fourth-order valence-corrected chi connectivity index (χ4v) is 3.75. The summed E-state index contributed by atoms with van der Waals surface area (Å²) in [5.74, 6) is 0.581. The number of benzene rings is 1. The quantitative estimate of drug-likeness (QED) is 0.279. The van der Waals surface area contributed by atoms with Crippen LogP contribution in [0.15, 0.2) is 53.1 Å². The van der Waals surface area contributed by atoms with Crippen LogP contribution in [0.25, 0.3) is 0 Å². The number of aldehydes is 1. The van der Waals surface area contributed by atoms with Crippen LogP contribution in [0, 0.1) is 17.2 Å². The molecule has 1 aliphatic rings. The van der Waals surface area contributed by atoms with Gasteiger partial charge >= 0.3 is 0 Å². The summed E-state index contributed by atoms with van der Waals surface area (Å²) in [7, 11) is 2.10. The van der Waals surface area contributed by atoms with E-state index in [0.29, 0.717) is 39.2 Å². The van der Waals surface area contributed by atoms with Gasteiger partial charge in [-0.1, -0.05) is 68.2 Å². The fourth-order valence-electron chi connectivity index (χ4n) is 3.28. The maximum absolute atomic E-state index is 9.77. The number of nitrogens with zero attached hydrogens (tertiary/aromatic N) is 3. The van der Waals surface area contributed by atoms with Gasteiger partial charge in [-0.05, 0) is 55.8 Å². The van der Waals surface area contributed by atoms with E-state index in [2.05, 4.69) is 49.9 Å². The summed E-state index contributed by atoms with van der Waals surface area (Å²) in [4.78, 5) is 14.3. The minimum Gasteiger partial charge on any atom is -0.363 e. The molecule has 174 valence electrons. The standard InChI is InChI=1S/C19H20Cl3N3.C6H12O/c1-13(20)8-16(14(2)21)11-25(18-6-7-24(3)12-18)17-5-4-15(10-23)19(22)9-17;1-3-6(2)4-5-7/h4-5,8-9,18H,1-2,6-7,11-12H2,3H3;5-6H,3-4H2,1-2H3/b16-8-;/t18-;/m0./s1. The molecule has 0 spiro atoms. The number of anilines is 1. The Morgan fingerprint density at radius 2 is 2.09 bits per heavy atom. The number of allylic oxidation sites excluding steroid dienone is 2. The minimum absolute atomic E-state index is 0.303. The normalized spacial score (nSPS) is 17.0. The van der Waals surface area contributed by atoms with Crippen LogP contribution in [0.5, 0.6) is 0 Å². The van der Waals surface area contributed by atoms with Crippen LogP contribution in [0.4, 0.5) is 5.69 Å². The Labute approximate surface area is 207 Å². The van der Waals surface area contributed by atoms with Crippen molar-refractivity contribution in [3.63, 3.8) is 0 Å². The topological polar surface area (TPSA) is 47.3 Å². The van der Waals surface area contributed by atoms with Crippen LogP contribution in [-0.2, 0) is 4.79 Å². The predicted octanol–water partition coefficient (Wildman–Crippen LogP) is 6.78. The van der Waals surface area contributed by atoms with E-state index in [0.717, 1.165) is 49.9 Å². The summed E-state index contributed by atoms with van der Waals surface area (Å²) in [5, 5.41) is 10.4. The number of carbonyl (C=O) groups excluding carboxylic acids is 1. The van der Waals surface area contributed by atoms with Gasteiger partial charge in [0.05, 0.1) is 10.6 Å². The number of carbonyl (C=O) groups is 1. The summed E-state index contributed by atoms with van der Waals surface area (Å²) >= 11 is 18.3. The average molecular weight is 497 g/mol. The molecule has 0 amide bonds. The lowest BCUT2D eigenvalue weighted by molar-refractivity contribution is -0.108. The molecular weight excluding hydrogens is 465 g/mol. The predicted molar refractivity (Wildman–Crippen MR) is 138 cm³/mol. The first-order valence-electron chi connectivity index (χ1n) is 10.6. The molecule has 0 saturated carbocycles. The molecule has 1 aliphatic heterocycles. The summed E-state index contributed by atoms with van der Waals surface area (Å²) in [5.41, 5.74) is 2.20. The largest absolute Gasteiger partial charge is 0.363 e. The molecule has 1 unspecified atom stereocenters. The van der Waals surface area contributed by atoms with Crippen molar-refractivity contribution < 1.29 is 4.79 Å². The van der Waals surface area contributed by atoms with E-state index in [1.807, 2.05) is 12.1 Å². The molecule has 2 atom stereocenters. The van der Waals surface area contributed by atoms with Crippen LogP contribution >= 0.6 is 34.8 Å². The van der Waals surface area contributed by atoms with Gasteiger partial charge in [-0.15, -0.1) is 0 Å². The maximum Gasteiger partial charge on any atom is 0.120 e. The Bertz CT molecular complexity index is 876. The van der Waals surface area contributed by atoms with Crippen molar-refractivity contribution in [2.45, 2.75) is 39.2 Å². The van der Waals surface area contributed by atoms with E-state index < -0.39 is 0 Å². The van der Waals surface area contributed by atoms with E-state index in [9.17, 15) is 4.79 Å². The summed E-state index contributed by atoms with van der Waals surface area (Å²) < 4.78 is 0. The summed E-state index contributed by atoms with van der Waals surface area (Å²) in [6.45, 7) is 14.2. The molecule has 1 aromatic carbocycles. The summed E-state index contributed by atoms with van der Waals surface area (Å²) in [6, 6.07) is 7.86. The maximum atomic E-state index is 9.77. The third-order valence-corrected chi connectivity index (χ3v) is 6.09. The Kier molecular flexibility index (Phi) is 12.7. The molecule has 0 N–H and O–H groups in total. The lowest BCUT2D eigenvalue weighted by Crippen LogP contribution is -2.38. The van der Waals surface area contributed by atoms with Gasteiger partial charge in [-0.3, -0.25) is 0 Å². The molecule has 1 aromatic rings. The molecule has 0 aliphatic carbocycles. The van der Waals surface area contributed by atoms with Crippen LogP contribution in [-0.4, -0.2) is 43.9 Å². The van der Waals surface area contributed by atoms with Crippen LogP contribution in [0.1, 0.15) is 38.7 Å². The van der Waals surface area contributed by atoms with E-state index in [-0.39, 0.29) is 0 Å². The van der Waals surface area contributed by atoms with Gasteiger partial charge in [0, 0.05) is 41.3 Å². The lowest BCUT2D eigenvalue weighted by Gasteiger charge is -2.32. The van der Waals surface area contributed by atoms with Crippen molar-refractivity contribution in [3.05, 3.63) is 63.7 Å². The highest BCUT2D eigenvalue weighted by Crippen LogP contribution is 2.30. The number of likely N-dealkylation sites (N-methyl/N-ethyl adjacent to an activating group) is 1. The molecule has 0 aromatic heterocycles. The molecule has 0 radical (unpaired) electrons. The van der Waals surface area contributed by atoms with Crippen molar-refractivity contribution >= 4 is 46.8 Å². The molecule has 1 heterocycles. The first-order valence-corrected chi connectivity index (χ1v) is 11.7. The number of likely N-dealkylation sites (tertiary alicyclic amines) is 1. The monoisotopic (exact) mass is 495 g/mol. The SMILES string of the molecule is C=C(Cl)/C=C(/CN(c1ccc(C#N)c(Cl)c1)[C@H]1CCN(C)C1)C(=C)Cl.CCC(C)CC=O. The zero-order chi connectivity index (χ0) is 24.3. The highest BCUT2D eigenvalue weighted by Gasteiger charge is 2.27. The molecule has 4 nitrogen and oxygen atoms in total. The summed E-state index contributed by atoms with van der Waals surface area (Å²) in [6.07, 6.45) is 5.56. The van der Waals surface area contributed by atoms with Crippen LogP contribution < -0.4 is 4.90 Å². The third-order valence-electron chi connectivity index (χ3n) is 5.43. The van der Waals surface area contributed by atoms with Crippen molar-refractivity contribution in [2.24, 2.45) is 5.92 Å². The number of halogens is 3. The van der Waals surface area contributed by atoms with E-state index in [1.165, 1.54) is 0 Å². The van der Waals surface area contributed by atoms with E-state index in [4.69, 9.17) is 40.1 Å². The second kappa shape index (κ2) is 14.4. The fraction of sp³-hybridized carbons (Fsp3) is 0.440. The molecule has 7 heteroatoms. The number of rotatable bonds is 9. The molecule has 32 heavy (non-hydrogen) atoms. The Hall–Kier alpha value is -1.77. The van der Waals surface area contributed by atoms with Gasteiger partial charge in [-0.2, -0.15) is 5.26 Å². The molecule has 2 rings (SSSR count). The Morgan fingerprint density at radius 1 is 1.41 bits per heavy atom. The zero-order valence-corrected chi connectivity index (χ0v) is 21.3. The molecular formula is C25H32Cl3N3O. The van der Waals surface area contributed by atoms with Gasteiger partial charge in [0.25, 0.3) is 0 Å². The van der Waals surface area contributed by atoms with Gasteiger partial charge in [-0.25, -0.2) is 0 Å². The van der Waals surface area contributed by atoms with Crippen LogP contribution in [0.3, 0.4) is 0 Å². The van der Waals surface area contributed by atoms with Gasteiger partial charge in [0.2, 0.25) is 0 Å². The molecule has 0 bridgehead atoms. The molecule has 1 fully saturated rings. The van der Waals surface area contributed by atoms with Crippen molar-refractivity contribution in [3.8, 4) is 6.07 Å². The van der Waals surface area contributed by atoms with E-state index in [1.54, 1.807) is 12.1 Å². The number of hydrogen-bond acceptors (Lipinski definition) is 4. The Morgan fingerprint density at radius 3 is 2.50 bits per heavy atom. The Balaban J connectivity index is 0.000000633. The first-order chi connectivity index (χ1) is 15.1. The number of hydrogen-bond donors (Lipinski definition) is 0. The van der Waals surface area contributed by atoms with Crippen molar-refractivity contribution in [1.82, 2.24) is 4.90 Å². The van der Waals surface area contributed by atoms with Gasteiger partial charge < -0.3 is 14.6 Å². The smallest absolute Gasteiger partial charge is 0.120 e. The number of nitriles is 1. The van der Waals surface area contributed by atoms with Gasteiger partial charge in [0.1, 0.15) is 12.4 Å². The van der Waals surface area contributed by atoms with Crippen molar-refractivity contribution in [1.29, 1.82) is 5.26 Å². The highest BCUT2D eigenvalue weighted by molar-refractivity contribution is 6.33. The highest BCUT2D eigenvalue weighted by atomic mass is 35.5. The van der Waals surface area contributed by atoms with E-state index >= 15 is 0 Å². The molecule has 1 saturated heterocycles. The minimum atomic E-state index is 0.303. The average Bonchev–Trinajstić information content (AvgIpc) is 3.17. The lowest BCUT2D eigenvalue weighted by atomic mass is 10.1.